The molecule has 2 saturated carbocycles. The third-order valence-corrected chi connectivity index (χ3v) is 4.33. The van der Waals surface area contributed by atoms with E-state index in [0.717, 1.165) is 5.92 Å². The predicted molar refractivity (Wildman–Crippen MR) is 50.2 cm³/mol. The summed E-state index contributed by atoms with van der Waals surface area (Å²) in [6.07, 6.45) is 3.90. The highest BCUT2D eigenvalue weighted by molar-refractivity contribution is 5.38. The molecule has 0 unspecified atom stereocenters. The molecule has 2 bridgehead atoms. The second-order valence-corrected chi connectivity index (χ2v) is 5.53. The van der Waals surface area contributed by atoms with Gasteiger partial charge in [0.1, 0.15) is 6.10 Å². The second kappa shape index (κ2) is 2.49. The van der Waals surface area contributed by atoms with Crippen molar-refractivity contribution in [1.29, 1.82) is 0 Å². The van der Waals surface area contributed by atoms with Gasteiger partial charge in [-0.05, 0) is 25.2 Å². The van der Waals surface area contributed by atoms with Crippen molar-refractivity contribution < 1.29 is 9.53 Å². The molecule has 0 heterocycles. The summed E-state index contributed by atoms with van der Waals surface area (Å²) < 4.78 is 5.27. The maximum atomic E-state index is 10.4. The first kappa shape index (κ1) is 9.04. The van der Waals surface area contributed by atoms with E-state index in [-0.39, 0.29) is 16.9 Å². The van der Waals surface area contributed by atoms with Crippen LogP contribution in [0.4, 0.5) is 0 Å². The van der Waals surface area contributed by atoms with Crippen molar-refractivity contribution in [2.24, 2.45) is 16.7 Å². The number of rotatable bonds is 2. The van der Waals surface area contributed by atoms with Crippen molar-refractivity contribution >= 4 is 6.47 Å². The molecule has 2 rings (SSSR count). The van der Waals surface area contributed by atoms with E-state index in [2.05, 4.69) is 20.8 Å². The lowest BCUT2D eigenvalue weighted by Crippen LogP contribution is -2.42. The van der Waals surface area contributed by atoms with Crippen LogP contribution in [0.25, 0.3) is 0 Å². The van der Waals surface area contributed by atoms with Crippen molar-refractivity contribution in [3.63, 3.8) is 0 Å². The molecular weight excluding hydrogens is 164 g/mol. The van der Waals surface area contributed by atoms with Gasteiger partial charge in [0.15, 0.2) is 0 Å². The molecular formula is C11H18O2. The minimum Gasteiger partial charge on any atom is -0.463 e. The van der Waals surface area contributed by atoms with Crippen LogP contribution in [-0.2, 0) is 9.53 Å². The smallest absolute Gasteiger partial charge is 0.293 e. The van der Waals surface area contributed by atoms with Crippen LogP contribution in [0, 0.1) is 16.7 Å². The van der Waals surface area contributed by atoms with E-state index in [1.54, 1.807) is 0 Å². The van der Waals surface area contributed by atoms with Crippen molar-refractivity contribution in [3.8, 4) is 0 Å². The normalized spacial score (nSPS) is 46.4. The molecule has 0 radical (unpaired) electrons. The molecule has 2 nitrogen and oxygen atoms in total. The van der Waals surface area contributed by atoms with Crippen LogP contribution in [0.15, 0.2) is 0 Å². The molecule has 0 aromatic heterocycles. The highest BCUT2D eigenvalue weighted by Crippen LogP contribution is 2.63. The zero-order chi connectivity index (χ0) is 9.69. The van der Waals surface area contributed by atoms with E-state index in [4.69, 9.17) is 4.74 Å². The fourth-order valence-electron chi connectivity index (χ4n) is 3.65. The van der Waals surface area contributed by atoms with Gasteiger partial charge in [-0.15, -0.1) is 0 Å². The number of carbonyl (C=O) groups is 1. The average molecular weight is 182 g/mol. The van der Waals surface area contributed by atoms with Gasteiger partial charge in [-0.1, -0.05) is 20.8 Å². The monoisotopic (exact) mass is 182 g/mol. The molecule has 0 spiro atoms. The van der Waals surface area contributed by atoms with Crippen molar-refractivity contribution in [1.82, 2.24) is 0 Å². The molecule has 74 valence electrons. The number of fused-ring (bicyclic) bond motifs is 2. The Bertz CT molecular complexity index is 229. The van der Waals surface area contributed by atoms with Crippen molar-refractivity contribution in [3.05, 3.63) is 0 Å². The number of hydrogen-bond donors (Lipinski definition) is 0. The summed E-state index contributed by atoms with van der Waals surface area (Å²) >= 11 is 0. The van der Waals surface area contributed by atoms with Gasteiger partial charge in [-0.3, -0.25) is 4.79 Å². The van der Waals surface area contributed by atoms with Gasteiger partial charge in [0.2, 0.25) is 0 Å². The summed E-state index contributed by atoms with van der Waals surface area (Å²) in [5, 5.41) is 0. The fourth-order valence-corrected chi connectivity index (χ4v) is 3.65. The Morgan fingerprint density at radius 1 is 1.38 bits per heavy atom. The predicted octanol–water partition coefficient (Wildman–Crippen LogP) is 2.37. The lowest BCUT2D eigenvalue weighted by molar-refractivity contribution is -0.148. The first-order valence-electron chi connectivity index (χ1n) is 5.10. The molecule has 2 aliphatic rings. The molecule has 2 fully saturated rings. The average Bonchev–Trinajstić information content (AvgIpc) is 2.50. The molecule has 13 heavy (non-hydrogen) atoms. The van der Waals surface area contributed by atoms with Gasteiger partial charge in [0.25, 0.3) is 6.47 Å². The van der Waals surface area contributed by atoms with E-state index in [1.807, 2.05) is 0 Å². The van der Waals surface area contributed by atoms with Crippen LogP contribution >= 0.6 is 0 Å². The van der Waals surface area contributed by atoms with E-state index in [9.17, 15) is 4.79 Å². The molecule has 2 heteroatoms. The molecule has 2 aliphatic carbocycles. The van der Waals surface area contributed by atoms with Crippen molar-refractivity contribution in [2.45, 2.75) is 46.1 Å². The maximum Gasteiger partial charge on any atom is 0.293 e. The van der Waals surface area contributed by atoms with E-state index < -0.39 is 0 Å². The Morgan fingerprint density at radius 2 is 2.08 bits per heavy atom. The van der Waals surface area contributed by atoms with Gasteiger partial charge in [0, 0.05) is 10.8 Å². The van der Waals surface area contributed by atoms with Crippen LogP contribution in [-0.4, -0.2) is 12.6 Å². The Morgan fingerprint density at radius 3 is 2.54 bits per heavy atom. The van der Waals surface area contributed by atoms with Crippen LogP contribution in [0.3, 0.4) is 0 Å². The van der Waals surface area contributed by atoms with E-state index in [0.29, 0.717) is 6.47 Å². The fraction of sp³-hybridized carbons (Fsp3) is 0.909. The molecule has 0 saturated heterocycles. The minimum atomic E-state index is 0.135. The third kappa shape index (κ3) is 1.04. The standard InChI is InChI=1S/C11H18O2/c1-10(2)8-4-5-11(3,6-8)9(10)13-7-12/h7-9H,4-6H2,1-3H3/t8-,9-,11-/m1/s1. The second-order valence-electron chi connectivity index (χ2n) is 5.53. The Balaban J connectivity index is 2.28. The first-order valence-corrected chi connectivity index (χ1v) is 5.10. The SMILES string of the molecule is CC1(C)[C@@H]2CC[C@](C)(C2)[C@@H]1OC=O. The van der Waals surface area contributed by atoms with Crippen LogP contribution < -0.4 is 0 Å². The van der Waals surface area contributed by atoms with Crippen molar-refractivity contribution in [2.75, 3.05) is 0 Å². The van der Waals surface area contributed by atoms with Gasteiger partial charge in [0.05, 0.1) is 0 Å². The number of ether oxygens (including phenoxy) is 1. The highest BCUT2D eigenvalue weighted by atomic mass is 16.5. The first-order chi connectivity index (χ1) is 6.00. The summed E-state index contributed by atoms with van der Waals surface area (Å²) in [7, 11) is 0. The lowest BCUT2D eigenvalue weighted by Gasteiger charge is -2.40. The third-order valence-electron chi connectivity index (χ3n) is 4.33. The summed E-state index contributed by atoms with van der Waals surface area (Å²) in [6.45, 7) is 7.35. The highest BCUT2D eigenvalue weighted by Gasteiger charge is 2.60. The van der Waals surface area contributed by atoms with Gasteiger partial charge in [-0.2, -0.15) is 0 Å². The largest absolute Gasteiger partial charge is 0.463 e. The molecule has 0 aromatic carbocycles. The molecule has 3 atom stereocenters. The zero-order valence-corrected chi connectivity index (χ0v) is 8.67. The molecule has 0 aromatic rings. The maximum absolute atomic E-state index is 10.4. The Hall–Kier alpha value is -0.530. The minimum absolute atomic E-state index is 0.135. The molecule has 0 N–H and O–H groups in total. The summed E-state index contributed by atoms with van der Waals surface area (Å²) in [6, 6.07) is 0. The van der Waals surface area contributed by atoms with Crippen LogP contribution in [0.2, 0.25) is 0 Å². The van der Waals surface area contributed by atoms with E-state index >= 15 is 0 Å². The molecule has 0 amide bonds. The van der Waals surface area contributed by atoms with Crippen LogP contribution in [0.1, 0.15) is 40.0 Å². The summed E-state index contributed by atoms with van der Waals surface area (Å²) in [5.74, 6) is 0.752. The lowest BCUT2D eigenvalue weighted by atomic mass is 9.70. The quantitative estimate of drug-likeness (QED) is 0.613. The number of carbonyl (C=O) groups excluding carboxylic acids is 1. The van der Waals surface area contributed by atoms with Crippen LogP contribution in [0.5, 0.6) is 0 Å². The number of hydrogen-bond acceptors (Lipinski definition) is 2. The molecule has 0 aliphatic heterocycles. The van der Waals surface area contributed by atoms with Gasteiger partial charge < -0.3 is 4.74 Å². The summed E-state index contributed by atoms with van der Waals surface area (Å²) in [5.41, 5.74) is 0.447. The zero-order valence-electron chi connectivity index (χ0n) is 8.67. The Labute approximate surface area is 79.7 Å². The van der Waals surface area contributed by atoms with Gasteiger partial charge >= 0.3 is 0 Å². The summed E-state index contributed by atoms with van der Waals surface area (Å²) in [4.78, 5) is 10.4. The Kier molecular flexibility index (Phi) is 1.73. The topological polar surface area (TPSA) is 26.3 Å². The van der Waals surface area contributed by atoms with Gasteiger partial charge in [-0.25, -0.2) is 0 Å². The van der Waals surface area contributed by atoms with E-state index in [1.165, 1.54) is 19.3 Å².